The van der Waals surface area contributed by atoms with Crippen molar-refractivity contribution in [2.24, 2.45) is 0 Å². The molecule has 27 heavy (non-hydrogen) atoms. The molecule has 0 aliphatic carbocycles. The number of amides is 1. The summed E-state index contributed by atoms with van der Waals surface area (Å²) in [6.45, 7) is 6.67. The normalized spacial score (nSPS) is 12.9. The number of benzene rings is 2. The number of sulfonamides is 1. The molecule has 6 nitrogen and oxygen atoms in total. The van der Waals surface area contributed by atoms with E-state index in [0.29, 0.717) is 21.8 Å². The summed E-state index contributed by atoms with van der Waals surface area (Å²) in [4.78, 5) is 16.0. The first-order valence-corrected chi connectivity index (χ1v) is 10.7. The van der Waals surface area contributed by atoms with Crippen LogP contribution in [0.5, 0.6) is 0 Å². The van der Waals surface area contributed by atoms with Gasteiger partial charge in [-0.25, -0.2) is 18.1 Å². The van der Waals surface area contributed by atoms with Crippen LogP contribution in [0.3, 0.4) is 0 Å². The Labute approximate surface area is 162 Å². The van der Waals surface area contributed by atoms with Crippen LogP contribution in [-0.2, 0) is 14.8 Å². The van der Waals surface area contributed by atoms with Gasteiger partial charge >= 0.3 is 0 Å². The van der Waals surface area contributed by atoms with Crippen LogP contribution in [0.2, 0.25) is 0 Å². The zero-order chi connectivity index (χ0) is 19.8. The molecule has 0 aliphatic rings. The van der Waals surface area contributed by atoms with Gasteiger partial charge in [0.2, 0.25) is 15.9 Å². The monoisotopic (exact) mass is 403 g/mol. The van der Waals surface area contributed by atoms with E-state index < -0.39 is 16.1 Å². The maximum atomic E-state index is 12.9. The van der Waals surface area contributed by atoms with Gasteiger partial charge in [0.1, 0.15) is 5.01 Å². The molecule has 3 aromatic rings. The molecule has 1 heterocycles. The van der Waals surface area contributed by atoms with E-state index >= 15 is 0 Å². The van der Waals surface area contributed by atoms with Crippen LogP contribution in [-0.4, -0.2) is 19.3 Å². The molecule has 2 N–H and O–H groups in total. The average Bonchev–Trinajstić information content (AvgIpc) is 3.01. The van der Waals surface area contributed by atoms with Crippen molar-refractivity contribution < 1.29 is 13.2 Å². The van der Waals surface area contributed by atoms with E-state index in [2.05, 4.69) is 15.0 Å². The summed E-state index contributed by atoms with van der Waals surface area (Å²) >= 11 is 1.47. The van der Waals surface area contributed by atoms with E-state index in [4.69, 9.17) is 0 Å². The van der Waals surface area contributed by atoms with Crippen LogP contribution in [0.25, 0.3) is 10.2 Å². The van der Waals surface area contributed by atoms with Gasteiger partial charge in [0, 0.05) is 12.6 Å². The number of fused-ring (bicyclic) bond motifs is 1. The highest BCUT2D eigenvalue weighted by molar-refractivity contribution is 7.89. The fourth-order valence-electron chi connectivity index (χ4n) is 2.83. The van der Waals surface area contributed by atoms with Crippen molar-refractivity contribution in [3.05, 3.63) is 52.5 Å². The standard InChI is InChI=1S/C19H21N3O3S2/c1-11-10-18(12(2)9-16(11)20-14(4)23)27(24,25)22-13(3)19-21-15-7-5-6-8-17(15)26-19/h5-10,13,22H,1-4H3,(H,20,23)/t13-/m1/s1. The van der Waals surface area contributed by atoms with Gasteiger partial charge in [0.25, 0.3) is 0 Å². The van der Waals surface area contributed by atoms with Crippen LogP contribution >= 0.6 is 11.3 Å². The topological polar surface area (TPSA) is 88.2 Å². The number of hydrogen-bond acceptors (Lipinski definition) is 5. The molecule has 1 amide bonds. The molecule has 3 rings (SSSR count). The third kappa shape index (κ3) is 4.18. The zero-order valence-corrected chi connectivity index (χ0v) is 17.2. The Bertz CT molecular complexity index is 1090. The summed E-state index contributed by atoms with van der Waals surface area (Å²) in [6.07, 6.45) is 0. The number of hydrogen-bond donors (Lipinski definition) is 2. The maximum absolute atomic E-state index is 12.9. The molecule has 142 valence electrons. The predicted octanol–water partition coefficient (Wildman–Crippen LogP) is 3.91. The van der Waals surface area contributed by atoms with E-state index in [1.54, 1.807) is 32.9 Å². The van der Waals surface area contributed by atoms with Crippen LogP contribution in [0, 0.1) is 13.8 Å². The Morgan fingerprint density at radius 2 is 1.85 bits per heavy atom. The highest BCUT2D eigenvalue weighted by Crippen LogP contribution is 2.29. The fraction of sp³-hybridized carbons (Fsp3) is 0.263. The molecule has 1 aromatic heterocycles. The van der Waals surface area contributed by atoms with Crippen molar-refractivity contribution in [3.8, 4) is 0 Å². The minimum Gasteiger partial charge on any atom is -0.326 e. The lowest BCUT2D eigenvalue weighted by Crippen LogP contribution is -2.27. The molecule has 0 bridgehead atoms. The molecule has 0 fully saturated rings. The fourth-order valence-corrected chi connectivity index (χ4v) is 5.39. The first-order chi connectivity index (χ1) is 12.7. The van der Waals surface area contributed by atoms with Gasteiger partial charge in [-0.3, -0.25) is 4.79 Å². The quantitative estimate of drug-likeness (QED) is 0.676. The molecule has 1 atom stereocenters. The number of rotatable bonds is 5. The lowest BCUT2D eigenvalue weighted by atomic mass is 10.1. The molecule has 0 saturated heterocycles. The first kappa shape index (κ1) is 19.5. The number of carbonyl (C=O) groups excluding carboxylic acids is 1. The molecule has 2 aromatic carbocycles. The van der Waals surface area contributed by atoms with Gasteiger partial charge in [0.05, 0.1) is 21.2 Å². The van der Waals surface area contributed by atoms with Gasteiger partial charge < -0.3 is 5.32 Å². The Balaban J connectivity index is 1.89. The van der Waals surface area contributed by atoms with Crippen LogP contribution in [0.4, 0.5) is 5.69 Å². The van der Waals surface area contributed by atoms with E-state index in [1.807, 2.05) is 24.3 Å². The molecule has 0 radical (unpaired) electrons. The maximum Gasteiger partial charge on any atom is 0.241 e. The van der Waals surface area contributed by atoms with E-state index in [0.717, 1.165) is 10.2 Å². The SMILES string of the molecule is CC(=O)Nc1cc(C)c(S(=O)(=O)N[C@H](C)c2nc3ccccc3s2)cc1C. The van der Waals surface area contributed by atoms with Crippen molar-refractivity contribution in [1.82, 2.24) is 9.71 Å². The Morgan fingerprint density at radius 1 is 1.15 bits per heavy atom. The third-order valence-corrected chi connectivity index (χ3v) is 7.04. The number of nitrogens with one attached hydrogen (secondary N) is 2. The number of aryl methyl sites for hydroxylation is 2. The second-order valence-electron chi connectivity index (χ2n) is 6.48. The second-order valence-corrected chi connectivity index (χ2v) is 9.22. The summed E-state index contributed by atoms with van der Waals surface area (Å²) in [5, 5.41) is 3.42. The number of carbonyl (C=O) groups is 1. The second kappa shape index (κ2) is 7.38. The minimum absolute atomic E-state index is 0.196. The molecule has 8 heteroatoms. The van der Waals surface area contributed by atoms with Gasteiger partial charge in [-0.05, 0) is 56.2 Å². The van der Waals surface area contributed by atoms with E-state index in [1.165, 1.54) is 18.3 Å². The van der Waals surface area contributed by atoms with Crippen molar-refractivity contribution in [1.29, 1.82) is 0 Å². The first-order valence-electron chi connectivity index (χ1n) is 8.44. The highest BCUT2D eigenvalue weighted by Gasteiger charge is 2.23. The number of thiazole rings is 1. The summed E-state index contributed by atoms with van der Waals surface area (Å²) in [6, 6.07) is 10.5. The summed E-state index contributed by atoms with van der Waals surface area (Å²) in [7, 11) is -3.74. The Hall–Kier alpha value is -2.29. The Kier molecular flexibility index (Phi) is 5.32. The number of nitrogens with zero attached hydrogens (tertiary/aromatic N) is 1. The number of anilines is 1. The molecular formula is C19H21N3O3S2. The number of para-hydroxylation sites is 1. The van der Waals surface area contributed by atoms with Crippen molar-refractivity contribution >= 4 is 43.2 Å². The summed E-state index contributed by atoms with van der Waals surface area (Å²) in [5.41, 5.74) is 2.71. The third-order valence-electron chi connectivity index (χ3n) is 4.13. The van der Waals surface area contributed by atoms with Gasteiger partial charge in [-0.1, -0.05) is 12.1 Å². The van der Waals surface area contributed by atoms with Crippen LogP contribution in [0.1, 0.15) is 36.0 Å². The zero-order valence-electron chi connectivity index (χ0n) is 15.5. The van der Waals surface area contributed by atoms with E-state index in [9.17, 15) is 13.2 Å². The minimum atomic E-state index is -3.74. The molecule has 0 spiro atoms. The molecular weight excluding hydrogens is 382 g/mol. The van der Waals surface area contributed by atoms with Gasteiger partial charge in [0.15, 0.2) is 0 Å². The summed E-state index contributed by atoms with van der Waals surface area (Å²) in [5.74, 6) is -0.198. The van der Waals surface area contributed by atoms with Crippen molar-refractivity contribution in [2.45, 2.75) is 38.6 Å². The van der Waals surface area contributed by atoms with Crippen molar-refractivity contribution in [2.75, 3.05) is 5.32 Å². The number of aromatic nitrogens is 1. The van der Waals surface area contributed by atoms with Gasteiger partial charge in [-0.15, -0.1) is 11.3 Å². The lowest BCUT2D eigenvalue weighted by molar-refractivity contribution is -0.114. The largest absolute Gasteiger partial charge is 0.326 e. The van der Waals surface area contributed by atoms with Crippen LogP contribution < -0.4 is 10.0 Å². The lowest BCUT2D eigenvalue weighted by Gasteiger charge is -2.16. The summed E-state index contributed by atoms with van der Waals surface area (Å²) < 4.78 is 29.6. The van der Waals surface area contributed by atoms with Crippen molar-refractivity contribution in [3.63, 3.8) is 0 Å². The Morgan fingerprint density at radius 3 is 2.52 bits per heavy atom. The highest BCUT2D eigenvalue weighted by atomic mass is 32.2. The molecule has 0 saturated carbocycles. The van der Waals surface area contributed by atoms with E-state index in [-0.39, 0.29) is 10.8 Å². The predicted molar refractivity (Wildman–Crippen MR) is 109 cm³/mol. The smallest absolute Gasteiger partial charge is 0.241 e. The average molecular weight is 404 g/mol. The molecule has 0 unspecified atom stereocenters. The molecule has 0 aliphatic heterocycles. The van der Waals surface area contributed by atoms with Gasteiger partial charge in [-0.2, -0.15) is 0 Å². The van der Waals surface area contributed by atoms with Crippen LogP contribution in [0.15, 0.2) is 41.3 Å².